The van der Waals surface area contributed by atoms with Gasteiger partial charge in [0.15, 0.2) is 0 Å². The zero-order valence-electron chi connectivity index (χ0n) is 7.11. The van der Waals surface area contributed by atoms with Crippen molar-refractivity contribution in [2.45, 2.75) is 6.92 Å². The van der Waals surface area contributed by atoms with E-state index < -0.39 is 16.3 Å². The summed E-state index contributed by atoms with van der Waals surface area (Å²) in [6.45, 7) is 4.47. The summed E-state index contributed by atoms with van der Waals surface area (Å²) < 4.78 is 34.6. The Morgan fingerprint density at radius 3 is 2.54 bits per heavy atom. The molecular formula is C6H11NO5S. The second kappa shape index (κ2) is 4.95. The molecule has 0 aromatic rings. The van der Waals surface area contributed by atoms with Crippen molar-refractivity contribution >= 4 is 16.3 Å². The van der Waals surface area contributed by atoms with Crippen LogP contribution >= 0.6 is 0 Å². The predicted molar refractivity (Wildman–Crippen MR) is 45.3 cm³/mol. The standard InChI is InChI=1S/C6H11NO5S/c1-5(2)6(8)12-4-3-7-13(9,10)11/h7H,1,3-4H2,2H3,(H,9,10,11). The molecule has 0 aliphatic rings. The summed E-state index contributed by atoms with van der Waals surface area (Å²) in [6.07, 6.45) is 0. The van der Waals surface area contributed by atoms with Gasteiger partial charge in [0.2, 0.25) is 0 Å². The molecule has 0 saturated heterocycles. The van der Waals surface area contributed by atoms with Crippen LogP contribution in [0.5, 0.6) is 0 Å². The number of esters is 1. The van der Waals surface area contributed by atoms with E-state index in [2.05, 4.69) is 11.3 Å². The van der Waals surface area contributed by atoms with Gasteiger partial charge in [-0.2, -0.15) is 13.1 Å². The summed E-state index contributed by atoms with van der Waals surface area (Å²) in [5.74, 6) is -0.600. The van der Waals surface area contributed by atoms with Gasteiger partial charge in [0.05, 0.1) is 0 Å². The SMILES string of the molecule is C=C(C)C(=O)OCCNS(=O)(=O)O. The first-order valence-corrected chi connectivity index (χ1v) is 4.81. The molecule has 76 valence electrons. The number of hydrogen-bond donors (Lipinski definition) is 2. The molecule has 0 aliphatic heterocycles. The van der Waals surface area contributed by atoms with Crippen molar-refractivity contribution in [1.29, 1.82) is 0 Å². The molecule has 0 aromatic heterocycles. The molecule has 0 rings (SSSR count). The molecule has 0 amide bonds. The van der Waals surface area contributed by atoms with Crippen molar-refractivity contribution in [3.05, 3.63) is 12.2 Å². The van der Waals surface area contributed by atoms with Gasteiger partial charge in [-0.15, -0.1) is 0 Å². The highest BCUT2D eigenvalue weighted by atomic mass is 32.2. The first-order valence-electron chi connectivity index (χ1n) is 3.37. The van der Waals surface area contributed by atoms with Crippen molar-refractivity contribution in [1.82, 2.24) is 4.72 Å². The average Bonchev–Trinajstić information content (AvgIpc) is 1.95. The van der Waals surface area contributed by atoms with Crippen LogP contribution in [0.1, 0.15) is 6.92 Å². The first kappa shape index (κ1) is 12.1. The second-order valence-corrected chi connectivity index (χ2v) is 3.52. The molecule has 0 aliphatic carbocycles. The number of carbonyl (C=O) groups is 1. The highest BCUT2D eigenvalue weighted by molar-refractivity contribution is 7.83. The molecule has 0 heterocycles. The lowest BCUT2D eigenvalue weighted by Gasteiger charge is -2.03. The lowest BCUT2D eigenvalue weighted by molar-refractivity contribution is -0.138. The van der Waals surface area contributed by atoms with E-state index in [9.17, 15) is 13.2 Å². The van der Waals surface area contributed by atoms with Gasteiger partial charge in [0.25, 0.3) is 0 Å². The summed E-state index contributed by atoms with van der Waals surface area (Å²) in [7, 11) is -4.21. The van der Waals surface area contributed by atoms with Crippen LogP contribution in [0.25, 0.3) is 0 Å². The molecular weight excluding hydrogens is 198 g/mol. The van der Waals surface area contributed by atoms with Crippen LogP contribution in [-0.4, -0.2) is 32.1 Å². The zero-order chi connectivity index (χ0) is 10.5. The number of rotatable bonds is 5. The van der Waals surface area contributed by atoms with Gasteiger partial charge in [-0.1, -0.05) is 6.58 Å². The largest absolute Gasteiger partial charge is 0.461 e. The van der Waals surface area contributed by atoms with Crippen molar-refractivity contribution in [2.75, 3.05) is 13.2 Å². The molecule has 6 nitrogen and oxygen atoms in total. The number of nitrogens with one attached hydrogen (secondary N) is 1. The molecule has 0 saturated carbocycles. The third-order valence-corrected chi connectivity index (χ3v) is 1.54. The molecule has 0 aromatic carbocycles. The maximum Gasteiger partial charge on any atom is 0.333 e. The topological polar surface area (TPSA) is 92.7 Å². The van der Waals surface area contributed by atoms with E-state index in [1.807, 2.05) is 0 Å². The molecule has 0 bridgehead atoms. The van der Waals surface area contributed by atoms with Crippen LogP contribution < -0.4 is 4.72 Å². The smallest absolute Gasteiger partial charge is 0.333 e. The number of carbonyl (C=O) groups excluding carboxylic acids is 1. The van der Waals surface area contributed by atoms with Gasteiger partial charge >= 0.3 is 16.3 Å². The normalized spacial score (nSPS) is 10.9. The van der Waals surface area contributed by atoms with Gasteiger partial charge in [0.1, 0.15) is 6.61 Å². The Bertz CT molecular complexity index is 294. The summed E-state index contributed by atoms with van der Waals surface area (Å²) in [4.78, 5) is 10.7. The Kier molecular flexibility index (Phi) is 4.60. The lowest BCUT2D eigenvalue weighted by atomic mass is 10.4. The van der Waals surface area contributed by atoms with E-state index in [1.54, 1.807) is 4.72 Å². The molecule has 2 N–H and O–H groups in total. The Balaban J connectivity index is 3.59. The Morgan fingerprint density at radius 2 is 2.15 bits per heavy atom. The first-order chi connectivity index (χ1) is 5.83. The fourth-order valence-electron chi connectivity index (χ4n) is 0.438. The average molecular weight is 209 g/mol. The monoisotopic (exact) mass is 209 g/mol. The quantitative estimate of drug-likeness (QED) is 0.275. The van der Waals surface area contributed by atoms with Crippen molar-refractivity contribution in [2.24, 2.45) is 0 Å². The molecule has 0 radical (unpaired) electrons. The van der Waals surface area contributed by atoms with Gasteiger partial charge < -0.3 is 4.74 Å². The number of ether oxygens (including phenoxy) is 1. The van der Waals surface area contributed by atoms with Crippen LogP contribution in [0.15, 0.2) is 12.2 Å². The third-order valence-electron chi connectivity index (χ3n) is 0.968. The van der Waals surface area contributed by atoms with Crippen molar-refractivity contribution < 1.29 is 22.5 Å². The van der Waals surface area contributed by atoms with Gasteiger partial charge in [-0.3, -0.25) is 4.55 Å². The molecule has 0 atom stereocenters. The minimum Gasteiger partial charge on any atom is -0.461 e. The van der Waals surface area contributed by atoms with Crippen LogP contribution in [0.4, 0.5) is 0 Å². The highest BCUT2D eigenvalue weighted by Gasteiger charge is 2.04. The molecule has 0 spiro atoms. The minimum atomic E-state index is -4.21. The Hall–Kier alpha value is -0.920. The summed E-state index contributed by atoms with van der Waals surface area (Å²) in [5.41, 5.74) is 0.229. The molecule has 0 fully saturated rings. The van der Waals surface area contributed by atoms with Crippen LogP contribution in [0.2, 0.25) is 0 Å². The van der Waals surface area contributed by atoms with E-state index >= 15 is 0 Å². The van der Waals surface area contributed by atoms with Gasteiger partial charge in [-0.05, 0) is 6.92 Å². The fraction of sp³-hybridized carbons (Fsp3) is 0.500. The van der Waals surface area contributed by atoms with Gasteiger partial charge in [0, 0.05) is 12.1 Å². The zero-order valence-corrected chi connectivity index (χ0v) is 7.93. The minimum absolute atomic E-state index is 0.147. The molecule has 7 heteroatoms. The van der Waals surface area contributed by atoms with E-state index in [4.69, 9.17) is 4.55 Å². The van der Waals surface area contributed by atoms with Gasteiger partial charge in [-0.25, -0.2) is 4.79 Å². The summed E-state index contributed by atoms with van der Waals surface area (Å²) in [5, 5.41) is 0. The molecule has 0 unspecified atom stereocenters. The van der Waals surface area contributed by atoms with Crippen LogP contribution in [0.3, 0.4) is 0 Å². The Morgan fingerprint density at radius 1 is 1.62 bits per heavy atom. The van der Waals surface area contributed by atoms with E-state index in [0.29, 0.717) is 0 Å². The van der Waals surface area contributed by atoms with E-state index in [-0.39, 0.29) is 18.7 Å². The lowest BCUT2D eigenvalue weighted by Crippen LogP contribution is -2.27. The second-order valence-electron chi connectivity index (χ2n) is 2.29. The Labute approximate surface area is 76.5 Å². The fourth-order valence-corrected chi connectivity index (χ4v) is 0.779. The maximum absolute atomic E-state index is 10.7. The van der Waals surface area contributed by atoms with Crippen molar-refractivity contribution in [3.8, 4) is 0 Å². The molecule has 13 heavy (non-hydrogen) atoms. The van der Waals surface area contributed by atoms with Crippen molar-refractivity contribution in [3.63, 3.8) is 0 Å². The maximum atomic E-state index is 10.7. The van der Waals surface area contributed by atoms with Crippen LogP contribution in [0, 0.1) is 0 Å². The summed E-state index contributed by atoms with van der Waals surface area (Å²) in [6, 6.07) is 0. The van der Waals surface area contributed by atoms with E-state index in [0.717, 1.165) is 0 Å². The van der Waals surface area contributed by atoms with E-state index in [1.165, 1.54) is 6.92 Å². The summed E-state index contributed by atoms with van der Waals surface area (Å²) >= 11 is 0. The highest BCUT2D eigenvalue weighted by Crippen LogP contribution is 1.90. The van der Waals surface area contributed by atoms with Crippen LogP contribution in [-0.2, 0) is 19.8 Å². The predicted octanol–water partition coefficient (Wildman–Crippen LogP) is -0.502. The number of hydrogen-bond acceptors (Lipinski definition) is 4. The third kappa shape index (κ3) is 7.44.